The number of aryl methyl sites for hydroxylation is 1. The van der Waals surface area contributed by atoms with Crippen LogP contribution in [0.15, 0.2) is 6.33 Å². The number of nitrogens with one attached hydrogen (secondary N) is 1. The third-order valence-corrected chi connectivity index (χ3v) is 1.96. The van der Waals surface area contributed by atoms with Gasteiger partial charge in [0.05, 0.1) is 19.0 Å². The Balaban J connectivity index is 2.41. The molecule has 0 radical (unpaired) electrons. The van der Waals surface area contributed by atoms with Crippen LogP contribution in [-0.2, 0) is 23.2 Å². The lowest BCUT2D eigenvalue weighted by atomic mass is 10.2. The van der Waals surface area contributed by atoms with E-state index in [9.17, 15) is 9.59 Å². The van der Waals surface area contributed by atoms with E-state index in [1.807, 2.05) is 0 Å². The van der Waals surface area contributed by atoms with Gasteiger partial charge >= 0.3 is 5.97 Å². The van der Waals surface area contributed by atoms with Gasteiger partial charge in [-0.1, -0.05) is 0 Å². The lowest BCUT2D eigenvalue weighted by Crippen LogP contribution is -2.41. The number of carboxylic acid groups (broad SMARTS) is 1. The Labute approximate surface area is 91.5 Å². The van der Waals surface area contributed by atoms with Crippen LogP contribution in [0.1, 0.15) is 12.2 Å². The molecule has 8 heteroatoms. The Morgan fingerprint density at radius 1 is 1.69 bits per heavy atom. The summed E-state index contributed by atoms with van der Waals surface area (Å²) in [6, 6.07) is -1.05. The first kappa shape index (κ1) is 12.1. The second-order valence-electron chi connectivity index (χ2n) is 3.28. The van der Waals surface area contributed by atoms with E-state index < -0.39 is 24.3 Å². The van der Waals surface area contributed by atoms with Gasteiger partial charge in [-0.15, -0.1) is 10.2 Å². The molecule has 0 saturated heterocycles. The van der Waals surface area contributed by atoms with E-state index in [0.29, 0.717) is 5.82 Å². The number of hydrogen-bond donors (Lipinski definition) is 3. The number of carboxylic acids is 1. The summed E-state index contributed by atoms with van der Waals surface area (Å²) < 4.78 is 1.64. The van der Waals surface area contributed by atoms with E-state index in [0.717, 1.165) is 0 Å². The molecule has 1 amide bonds. The van der Waals surface area contributed by atoms with Gasteiger partial charge in [0.25, 0.3) is 0 Å². The number of carbonyl (C=O) groups excluding carboxylic acids is 1. The smallest absolute Gasteiger partial charge is 0.305 e. The fourth-order valence-electron chi connectivity index (χ4n) is 1.05. The molecule has 0 saturated carbocycles. The normalized spacial score (nSPS) is 12.1. The number of nitrogens with two attached hydrogens (primary N) is 1. The number of amides is 1. The molecule has 1 aromatic heterocycles. The standard InChI is InChI=1S/C8H13N5O3/c1-13-4-11-12-6(13)3-10-8(16)5(9)2-7(14)15/h4-5H,2-3,9H2,1H3,(H,10,16)(H,14,15). The Bertz CT molecular complexity index is 389. The average Bonchev–Trinajstić information content (AvgIpc) is 2.59. The van der Waals surface area contributed by atoms with Crippen LogP contribution in [0.3, 0.4) is 0 Å². The second-order valence-corrected chi connectivity index (χ2v) is 3.28. The number of carbonyl (C=O) groups is 2. The van der Waals surface area contributed by atoms with E-state index in [4.69, 9.17) is 10.8 Å². The second kappa shape index (κ2) is 5.21. The predicted molar refractivity (Wildman–Crippen MR) is 53.1 cm³/mol. The van der Waals surface area contributed by atoms with Crippen LogP contribution < -0.4 is 11.1 Å². The molecule has 1 aromatic rings. The fourth-order valence-corrected chi connectivity index (χ4v) is 1.05. The molecule has 4 N–H and O–H groups in total. The molecular formula is C8H13N5O3. The highest BCUT2D eigenvalue weighted by Crippen LogP contribution is 1.92. The molecule has 1 rings (SSSR count). The van der Waals surface area contributed by atoms with Gasteiger partial charge in [0.2, 0.25) is 5.91 Å². The van der Waals surface area contributed by atoms with Crippen LogP contribution in [0.2, 0.25) is 0 Å². The lowest BCUT2D eigenvalue weighted by Gasteiger charge is -2.09. The summed E-state index contributed by atoms with van der Waals surface area (Å²) in [6.07, 6.45) is 1.10. The zero-order valence-corrected chi connectivity index (χ0v) is 8.75. The minimum absolute atomic E-state index is 0.169. The van der Waals surface area contributed by atoms with Gasteiger partial charge in [0.15, 0.2) is 5.82 Å². The first-order valence-corrected chi connectivity index (χ1v) is 4.58. The molecule has 16 heavy (non-hydrogen) atoms. The minimum Gasteiger partial charge on any atom is -0.481 e. The first-order chi connectivity index (χ1) is 7.50. The molecule has 88 valence electrons. The Morgan fingerprint density at radius 3 is 2.88 bits per heavy atom. The molecule has 0 fully saturated rings. The Hall–Kier alpha value is -1.96. The highest BCUT2D eigenvalue weighted by Gasteiger charge is 2.16. The van der Waals surface area contributed by atoms with E-state index >= 15 is 0 Å². The van der Waals surface area contributed by atoms with Crippen LogP contribution >= 0.6 is 0 Å². The van der Waals surface area contributed by atoms with E-state index in [1.165, 1.54) is 6.33 Å². The fraction of sp³-hybridized carbons (Fsp3) is 0.500. The molecule has 0 bridgehead atoms. The van der Waals surface area contributed by atoms with Crippen LogP contribution in [0.5, 0.6) is 0 Å². The van der Waals surface area contributed by atoms with Crippen molar-refractivity contribution in [2.75, 3.05) is 0 Å². The third-order valence-electron chi connectivity index (χ3n) is 1.96. The van der Waals surface area contributed by atoms with Crippen LogP contribution in [0.25, 0.3) is 0 Å². The van der Waals surface area contributed by atoms with Crippen molar-refractivity contribution in [3.05, 3.63) is 12.2 Å². The topological polar surface area (TPSA) is 123 Å². The highest BCUT2D eigenvalue weighted by atomic mass is 16.4. The van der Waals surface area contributed by atoms with Gasteiger partial charge in [-0.25, -0.2) is 0 Å². The van der Waals surface area contributed by atoms with Crippen molar-refractivity contribution in [3.8, 4) is 0 Å². The van der Waals surface area contributed by atoms with Gasteiger partial charge in [0, 0.05) is 7.05 Å². The lowest BCUT2D eigenvalue weighted by molar-refractivity contribution is -0.139. The molecule has 8 nitrogen and oxygen atoms in total. The first-order valence-electron chi connectivity index (χ1n) is 4.58. The monoisotopic (exact) mass is 227 g/mol. The summed E-state index contributed by atoms with van der Waals surface area (Å²) in [7, 11) is 1.73. The van der Waals surface area contributed by atoms with E-state index in [1.54, 1.807) is 11.6 Å². The molecule has 1 heterocycles. The molecule has 0 aliphatic carbocycles. The van der Waals surface area contributed by atoms with Gasteiger partial charge in [-0.3, -0.25) is 9.59 Å². The zero-order valence-electron chi connectivity index (χ0n) is 8.75. The van der Waals surface area contributed by atoms with Crippen molar-refractivity contribution in [3.63, 3.8) is 0 Å². The van der Waals surface area contributed by atoms with Gasteiger partial charge < -0.3 is 20.7 Å². The summed E-state index contributed by atoms with van der Waals surface area (Å²) in [6.45, 7) is 0.169. The molecule has 1 unspecified atom stereocenters. The quantitative estimate of drug-likeness (QED) is 0.547. The SMILES string of the molecule is Cn1cnnc1CNC(=O)C(N)CC(=O)O. The van der Waals surface area contributed by atoms with Crippen molar-refractivity contribution < 1.29 is 14.7 Å². The number of aromatic nitrogens is 3. The predicted octanol–water partition coefficient (Wildman–Crippen LogP) is -1.77. The average molecular weight is 227 g/mol. The number of nitrogens with zero attached hydrogens (tertiary/aromatic N) is 3. The summed E-state index contributed by atoms with van der Waals surface area (Å²) >= 11 is 0. The molecule has 0 spiro atoms. The Morgan fingerprint density at radius 2 is 2.38 bits per heavy atom. The molecule has 1 atom stereocenters. The molecular weight excluding hydrogens is 214 g/mol. The summed E-state index contributed by atoms with van der Waals surface area (Å²) in [4.78, 5) is 21.6. The minimum atomic E-state index is -1.11. The largest absolute Gasteiger partial charge is 0.481 e. The highest BCUT2D eigenvalue weighted by molar-refractivity contribution is 5.85. The maximum absolute atomic E-state index is 11.3. The maximum Gasteiger partial charge on any atom is 0.305 e. The van der Waals surface area contributed by atoms with Gasteiger partial charge in [0.1, 0.15) is 6.33 Å². The number of rotatable bonds is 5. The van der Waals surface area contributed by atoms with Crippen molar-refractivity contribution in [2.45, 2.75) is 19.0 Å². The number of aliphatic carboxylic acids is 1. The molecule has 0 aliphatic rings. The van der Waals surface area contributed by atoms with Crippen molar-refractivity contribution in [1.82, 2.24) is 20.1 Å². The van der Waals surface area contributed by atoms with Crippen molar-refractivity contribution in [2.24, 2.45) is 12.8 Å². The maximum atomic E-state index is 11.3. The van der Waals surface area contributed by atoms with E-state index in [2.05, 4.69) is 15.5 Å². The Kier molecular flexibility index (Phi) is 3.95. The third kappa shape index (κ3) is 3.31. The molecule has 0 aliphatic heterocycles. The van der Waals surface area contributed by atoms with Crippen molar-refractivity contribution in [1.29, 1.82) is 0 Å². The van der Waals surface area contributed by atoms with Crippen LogP contribution in [-0.4, -0.2) is 37.8 Å². The molecule has 0 aromatic carbocycles. The summed E-state index contributed by atoms with van der Waals surface area (Å²) in [5.74, 6) is -1.07. The van der Waals surface area contributed by atoms with Crippen molar-refractivity contribution >= 4 is 11.9 Å². The van der Waals surface area contributed by atoms with Gasteiger partial charge in [-0.2, -0.15) is 0 Å². The summed E-state index contributed by atoms with van der Waals surface area (Å²) in [5, 5.41) is 18.3. The zero-order chi connectivity index (χ0) is 12.1. The summed E-state index contributed by atoms with van der Waals surface area (Å²) in [5.41, 5.74) is 5.36. The van der Waals surface area contributed by atoms with E-state index in [-0.39, 0.29) is 6.54 Å². The van der Waals surface area contributed by atoms with Crippen LogP contribution in [0.4, 0.5) is 0 Å². The number of hydrogen-bond acceptors (Lipinski definition) is 5. The van der Waals surface area contributed by atoms with Crippen LogP contribution in [0, 0.1) is 0 Å². The van der Waals surface area contributed by atoms with Gasteiger partial charge in [-0.05, 0) is 0 Å².